The Labute approximate surface area is 169 Å². The van der Waals surface area contributed by atoms with Crippen molar-refractivity contribution in [2.75, 3.05) is 0 Å². The van der Waals surface area contributed by atoms with E-state index in [0.717, 1.165) is 0 Å². The second kappa shape index (κ2) is 21.2. The van der Waals surface area contributed by atoms with Crippen LogP contribution in [0.2, 0.25) is 0 Å². The fourth-order valence-electron chi connectivity index (χ4n) is 1.84. The SMILES string of the molecule is C[c-]1cccc1.C[c-]1cccc1.Cl.Cl.[CH-]1CCCCC1.[CH3-].[Zr+4]. The molecule has 0 nitrogen and oxygen atoms in total. The van der Waals surface area contributed by atoms with Crippen LogP contribution >= 0.6 is 24.8 Å². The van der Waals surface area contributed by atoms with Crippen LogP contribution in [0.5, 0.6) is 0 Å². The van der Waals surface area contributed by atoms with Crippen molar-refractivity contribution < 1.29 is 26.2 Å². The van der Waals surface area contributed by atoms with Crippen LogP contribution in [0.25, 0.3) is 0 Å². The first-order valence-electron chi connectivity index (χ1n) is 6.97. The predicted molar refractivity (Wildman–Crippen MR) is 102 cm³/mol. The fraction of sp³-hybridized carbons (Fsp3) is 0.368. The second-order valence-corrected chi connectivity index (χ2v) is 4.85. The smallest absolute Gasteiger partial charge is 0.358 e. The average molecular weight is 421 g/mol. The third-order valence-corrected chi connectivity index (χ3v) is 2.98. The zero-order valence-corrected chi connectivity index (χ0v) is 18.1. The zero-order valence-electron chi connectivity index (χ0n) is 14.0. The van der Waals surface area contributed by atoms with E-state index in [1.165, 1.54) is 43.2 Å². The van der Waals surface area contributed by atoms with Gasteiger partial charge in [-0.1, -0.05) is 33.1 Å². The van der Waals surface area contributed by atoms with Gasteiger partial charge >= 0.3 is 26.2 Å². The maximum atomic E-state index is 2.39. The minimum absolute atomic E-state index is 0. The summed E-state index contributed by atoms with van der Waals surface area (Å²) in [5, 5.41) is 0. The molecule has 0 N–H and O–H groups in total. The number of hydrogen-bond acceptors (Lipinski definition) is 0. The van der Waals surface area contributed by atoms with Crippen LogP contribution < -0.4 is 0 Å². The largest absolute Gasteiger partial charge is 4.00 e. The van der Waals surface area contributed by atoms with E-state index in [2.05, 4.69) is 44.5 Å². The van der Waals surface area contributed by atoms with E-state index in [1.807, 2.05) is 24.3 Å². The molecule has 2 aromatic rings. The molecule has 0 bridgehead atoms. The Bertz CT molecular complexity index is 318. The Hall–Kier alpha value is 0.163. The van der Waals surface area contributed by atoms with Crippen molar-refractivity contribution >= 4 is 24.8 Å². The molecule has 0 radical (unpaired) electrons. The Morgan fingerprint density at radius 3 is 1.09 bits per heavy atom. The van der Waals surface area contributed by atoms with Crippen molar-refractivity contribution in [1.29, 1.82) is 0 Å². The van der Waals surface area contributed by atoms with Gasteiger partial charge in [-0.15, -0.1) is 24.8 Å². The third-order valence-electron chi connectivity index (χ3n) is 2.98. The molecule has 0 atom stereocenters. The molecule has 3 rings (SSSR count). The van der Waals surface area contributed by atoms with Crippen LogP contribution in [0.1, 0.15) is 43.2 Å². The van der Waals surface area contributed by atoms with E-state index in [4.69, 9.17) is 0 Å². The summed E-state index contributed by atoms with van der Waals surface area (Å²) in [6, 6.07) is 16.5. The molecule has 1 fully saturated rings. The second-order valence-electron chi connectivity index (χ2n) is 4.85. The molecule has 0 saturated heterocycles. The molecule has 0 heterocycles. The topological polar surface area (TPSA) is 0 Å². The van der Waals surface area contributed by atoms with Crippen LogP contribution in [-0.2, 0) is 26.2 Å². The van der Waals surface area contributed by atoms with Crippen molar-refractivity contribution in [2.24, 2.45) is 0 Å². The summed E-state index contributed by atoms with van der Waals surface area (Å²) >= 11 is 0. The van der Waals surface area contributed by atoms with Crippen molar-refractivity contribution in [1.82, 2.24) is 0 Å². The molecule has 3 heteroatoms. The van der Waals surface area contributed by atoms with Gasteiger partial charge in [0.05, 0.1) is 0 Å². The normalized spacial score (nSPS) is 11.4. The maximum absolute atomic E-state index is 2.39. The molecule has 124 valence electrons. The van der Waals surface area contributed by atoms with E-state index in [9.17, 15) is 0 Å². The van der Waals surface area contributed by atoms with Gasteiger partial charge in [-0.2, -0.15) is 48.2 Å². The Balaban J connectivity index is -0.000000101. The summed E-state index contributed by atoms with van der Waals surface area (Å²) < 4.78 is 0. The van der Waals surface area contributed by atoms with Gasteiger partial charge in [-0.25, -0.2) is 24.3 Å². The quantitative estimate of drug-likeness (QED) is 0.408. The van der Waals surface area contributed by atoms with Gasteiger partial charge < -0.3 is 13.8 Å². The van der Waals surface area contributed by atoms with E-state index >= 15 is 0 Å². The van der Waals surface area contributed by atoms with Gasteiger partial charge in [0.25, 0.3) is 0 Å². The van der Waals surface area contributed by atoms with Crippen LogP contribution in [0.4, 0.5) is 0 Å². The van der Waals surface area contributed by atoms with E-state index in [0.29, 0.717) is 0 Å². The first-order valence-corrected chi connectivity index (χ1v) is 6.97. The van der Waals surface area contributed by atoms with Gasteiger partial charge in [0.15, 0.2) is 0 Å². The van der Waals surface area contributed by atoms with Crippen LogP contribution in [0, 0.1) is 27.7 Å². The van der Waals surface area contributed by atoms with E-state index in [-0.39, 0.29) is 58.4 Å². The van der Waals surface area contributed by atoms with Crippen molar-refractivity contribution in [3.8, 4) is 0 Å². The van der Waals surface area contributed by atoms with Gasteiger partial charge in [0, 0.05) is 0 Å². The summed E-state index contributed by atoms with van der Waals surface area (Å²) in [6.45, 7) is 4.17. The molecular weight excluding hydrogens is 390 g/mol. The van der Waals surface area contributed by atoms with Crippen molar-refractivity contribution in [3.05, 3.63) is 73.5 Å². The molecule has 0 spiro atoms. The van der Waals surface area contributed by atoms with Crippen molar-refractivity contribution in [3.63, 3.8) is 0 Å². The molecule has 0 aliphatic heterocycles. The Morgan fingerprint density at radius 2 is 1.00 bits per heavy atom. The van der Waals surface area contributed by atoms with Gasteiger partial charge in [-0.3, -0.25) is 0 Å². The third kappa shape index (κ3) is 18.2. The molecular formula is C19H30Cl2Zr. The minimum Gasteiger partial charge on any atom is -0.358 e. The summed E-state index contributed by atoms with van der Waals surface area (Å²) in [5.41, 5.74) is 2.69. The van der Waals surface area contributed by atoms with Crippen LogP contribution in [0.3, 0.4) is 0 Å². The standard InChI is InChI=1S/2C6H7.C6H11.CH3.2ClH.Zr/c2*1-6-4-2-3-5-6;1-2-4-6-5-3-1;;;;/h2*2-5H,1H3;1H,2-6H2;1H3;2*1H;/q4*-1;;;+4. The summed E-state index contributed by atoms with van der Waals surface area (Å²) in [4.78, 5) is 0. The first-order chi connectivity index (χ1) is 8.79. The molecule has 0 amide bonds. The molecule has 1 aliphatic carbocycles. The van der Waals surface area contributed by atoms with Crippen LogP contribution in [-0.4, -0.2) is 0 Å². The van der Waals surface area contributed by atoms with E-state index in [1.54, 1.807) is 0 Å². The summed E-state index contributed by atoms with van der Waals surface area (Å²) in [7, 11) is 0. The Morgan fingerprint density at radius 1 is 0.682 bits per heavy atom. The van der Waals surface area contributed by atoms with Crippen molar-refractivity contribution in [2.45, 2.75) is 46.0 Å². The minimum atomic E-state index is 0. The van der Waals surface area contributed by atoms with Gasteiger partial charge in [-0.05, 0) is 0 Å². The fourth-order valence-corrected chi connectivity index (χ4v) is 1.84. The molecule has 0 unspecified atom stereocenters. The molecule has 2 aromatic carbocycles. The molecule has 1 saturated carbocycles. The van der Waals surface area contributed by atoms with Gasteiger partial charge in [0.1, 0.15) is 0 Å². The molecule has 22 heavy (non-hydrogen) atoms. The number of aryl methyl sites for hydroxylation is 2. The molecule has 0 aromatic heterocycles. The molecule has 1 aliphatic rings. The monoisotopic (exact) mass is 418 g/mol. The Kier molecular flexibility index (Phi) is 28.9. The van der Waals surface area contributed by atoms with Gasteiger partial charge in [0.2, 0.25) is 0 Å². The average Bonchev–Trinajstić information content (AvgIpc) is 3.07. The predicted octanol–water partition coefficient (Wildman–Crippen LogP) is 6.87. The number of halogens is 2. The van der Waals surface area contributed by atoms with E-state index < -0.39 is 0 Å². The first kappa shape index (κ1) is 30.1. The summed E-state index contributed by atoms with van der Waals surface area (Å²) in [5.74, 6) is 0. The number of rotatable bonds is 0. The number of hydrogen-bond donors (Lipinski definition) is 0. The maximum Gasteiger partial charge on any atom is 4.00 e. The summed E-state index contributed by atoms with van der Waals surface area (Å²) in [6.07, 6.45) is 9.50. The van der Waals surface area contributed by atoms with Crippen LogP contribution in [0.15, 0.2) is 48.5 Å². The zero-order chi connectivity index (χ0) is 13.1.